The quantitative estimate of drug-likeness (QED) is 0.0101. The maximum atomic E-state index is 13.7. The van der Waals surface area contributed by atoms with Gasteiger partial charge < -0.3 is 28.4 Å². The van der Waals surface area contributed by atoms with Crippen molar-refractivity contribution in [1.82, 2.24) is 4.98 Å². The van der Waals surface area contributed by atoms with Crippen molar-refractivity contribution in [3.63, 3.8) is 0 Å². The van der Waals surface area contributed by atoms with Crippen molar-refractivity contribution in [2.75, 3.05) is 33.0 Å². The Labute approximate surface area is 416 Å². The molecule has 0 saturated heterocycles. The monoisotopic (exact) mass is 970 g/mol. The lowest BCUT2D eigenvalue weighted by atomic mass is 10.1. The predicted octanol–water partition coefficient (Wildman–Crippen LogP) is 12.6. The Balaban J connectivity index is 1.08. The van der Waals surface area contributed by atoms with Crippen molar-refractivity contribution >= 4 is 51.6 Å². The largest absolute Gasteiger partial charge is 0.494 e. The normalized spacial score (nSPS) is 15.0. The van der Waals surface area contributed by atoms with Gasteiger partial charge in [-0.05, 0) is 148 Å². The average Bonchev–Trinajstić information content (AvgIpc) is 3.92. The number of para-hydroxylation sites is 1. The number of aliphatic imine (C=N–C) groups is 1. The molecule has 6 rings (SSSR count). The van der Waals surface area contributed by atoms with Gasteiger partial charge >= 0.3 is 23.9 Å². The first-order chi connectivity index (χ1) is 34.2. The molecular formula is C57H66N2O10S. The molecule has 1 aliphatic carbocycles. The Bertz CT molecular complexity index is 2480. The third-order valence-electron chi connectivity index (χ3n) is 12.1. The topological polar surface area (TPSA) is 149 Å². The summed E-state index contributed by atoms with van der Waals surface area (Å²) in [6.45, 7) is 11.0. The van der Waals surface area contributed by atoms with Crippen LogP contribution in [0.4, 0.5) is 0 Å². The van der Waals surface area contributed by atoms with E-state index in [1.54, 1.807) is 65.9 Å². The van der Waals surface area contributed by atoms with Gasteiger partial charge in [0.25, 0.3) is 0 Å². The minimum atomic E-state index is -0.515. The molecule has 1 saturated carbocycles. The van der Waals surface area contributed by atoms with E-state index in [0.29, 0.717) is 72.7 Å². The van der Waals surface area contributed by atoms with Gasteiger partial charge in [-0.25, -0.2) is 24.2 Å². The van der Waals surface area contributed by atoms with E-state index in [0.717, 1.165) is 104 Å². The van der Waals surface area contributed by atoms with E-state index in [2.05, 4.69) is 26.1 Å². The number of benzene rings is 4. The number of nitrogens with zero attached hydrogens (tertiary/aromatic N) is 2. The van der Waals surface area contributed by atoms with Crippen molar-refractivity contribution < 1.29 is 47.6 Å². The van der Waals surface area contributed by atoms with Gasteiger partial charge in [-0.2, -0.15) is 0 Å². The minimum absolute atomic E-state index is 0.136. The molecule has 5 aromatic rings. The maximum Gasteiger partial charge on any atom is 0.343 e. The van der Waals surface area contributed by atoms with Crippen molar-refractivity contribution in [3.05, 3.63) is 144 Å². The zero-order valence-electron chi connectivity index (χ0n) is 40.4. The summed E-state index contributed by atoms with van der Waals surface area (Å²) < 4.78 is 34.7. The molecule has 1 heterocycles. The molecule has 2 unspecified atom stereocenters. The number of carbonyl (C=O) groups excluding carboxylic acids is 4. The molecule has 370 valence electrons. The maximum absolute atomic E-state index is 13.7. The molecule has 1 fully saturated rings. The van der Waals surface area contributed by atoms with E-state index in [9.17, 15) is 19.2 Å². The average molecular weight is 971 g/mol. The number of hydrogen-bond acceptors (Lipinski definition) is 13. The van der Waals surface area contributed by atoms with Crippen LogP contribution in [0.1, 0.15) is 134 Å². The van der Waals surface area contributed by atoms with Gasteiger partial charge in [-0.3, -0.25) is 4.99 Å². The smallest absolute Gasteiger partial charge is 0.343 e. The number of aromatic nitrogens is 1. The Morgan fingerprint density at radius 1 is 0.671 bits per heavy atom. The van der Waals surface area contributed by atoms with Crippen LogP contribution in [0.25, 0.3) is 10.2 Å². The Hall–Kier alpha value is -6.60. The molecule has 0 N–H and O–H groups in total. The molecule has 0 aliphatic heterocycles. The van der Waals surface area contributed by atoms with Crippen LogP contribution in [0.3, 0.4) is 0 Å². The lowest BCUT2D eigenvalue weighted by Crippen LogP contribution is -2.12. The number of fused-ring (bicyclic) bond motifs is 1. The molecule has 1 aromatic heterocycles. The molecule has 0 bridgehead atoms. The molecule has 13 heteroatoms. The van der Waals surface area contributed by atoms with Gasteiger partial charge in [-0.1, -0.05) is 64.0 Å². The zero-order valence-corrected chi connectivity index (χ0v) is 41.2. The van der Waals surface area contributed by atoms with Gasteiger partial charge in [-0.15, -0.1) is 11.3 Å². The summed E-state index contributed by atoms with van der Waals surface area (Å²) in [6, 6.07) is 27.6. The van der Waals surface area contributed by atoms with Gasteiger partial charge in [0.15, 0.2) is 0 Å². The number of ether oxygens (including phenoxy) is 6. The number of esters is 4. The molecule has 2 atom stereocenters. The standard InChI is InChI=1S/C57H66N2O10S/c1-4-7-8-13-20-46-40-57(46,56-59-49-21-14-15-22-51(49)70-56)58-41-45-39-42(33-38-68-54(62)43-24-28-47(29-25-43)64-34-16-9-11-18-36-66-52(60)5-2)23-32-50(45)69-55(63)44-26-30-48(31-27-44)65-35-17-10-12-19-37-67-53(61)6-3/h5-6,14-15,21-32,39,41,46H,2-4,7-13,16-20,33-38,40H2,1H3/b58-41+. The van der Waals surface area contributed by atoms with E-state index in [1.165, 1.54) is 19.3 Å². The second-order valence-electron chi connectivity index (χ2n) is 17.4. The number of hydrogen-bond donors (Lipinski definition) is 0. The first-order valence-electron chi connectivity index (χ1n) is 24.7. The molecule has 12 nitrogen and oxygen atoms in total. The number of carbonyl (C=O) groups is 4. The number of unbranched alkanes of at least 4 members (excludes halogenated alkanes) is 9. The van der Waals surface area contributed by atoms with Gasteiger partial charge in [0, 0.05) is 30.4 Å². The second-order valence-corrected chi connectivity index (χ2v) is 18.4. The molecule has 0 amide bonds. The highest BCUT2D eigenvalue weighted by molar-refractivity contribution is 7.18. The van der Waals surface area contributed by atoms with Crippen molar-refractivity contribution in [2.45, 2.75) is 109 Å². The van der Waals surface area contributed by atoms with Crippen LogP contribution in [0.2, 0.25) is 0 Å². The number of rotatable bonds is 32. The lowest BCUT2D eigenvalue weighted by molar-refractivity contribution is -0.138. The van der Waals surface area contributed by atoms with Crippen LogP contribution in [-0.4, -0.2) is 68.1 Å². The third kappa shape index (κ3) is 16.5. The van der Waals surface area contributed by atoms with Gasteiger partial charge in [0.2, 0.25) is 0 Å². The van der Waals surface area contributed by atoms with Crippen LogP contribution in [-0.2, 0) is 35.8 Å². The summed E-state index contributed by atoms with van der Waals surface area (Å²) in [5.74, 6) is 0.260. The van der Waals surface area contributed by atoms with Crippen molar-refractivity contribution in [3.8, 4) is 17.2 Å². The lowest BCUT2D eigenvalue weighted by Gasteiger charge is -2.13. The highest BCUT2D eigenvalue weighted by atomic mass is 32.1. The summed E-state index contributed by atoms with van der Waals surface area (Å²) in [7, 11) is 0. The van der Waals surface area contributed by atoms with Crippen LogP contribution in [0.5, 0.6) is 17.2 Å². The van der Waals surface area contributed by atoms with Crippen LogP contribution < -0.4 is 14.2 Å². The van der Waals surface area contributed by atoms with E-state index < -0.39 is 29.4 Å². The zero-order chi connectivity index (χ0) is 49.4. The Kier molecular flexibility index (Phi) is 21.2. The fourth-order valence-electron chi connectivity index (χ4n) is 7.98. The van der Waals surface area contributed by atoms with Gasteiger partial charge in [0.05, 0.1) is 54.4 Å². The summed E-state index contributed by atoms with van der Waals surface area (Å²) in [5.41, 5.74) is 2.81. The first-order valence-corrected chi connectivity index (χ1v) is 25.5. The molecule has 0 spiro atoms. The Morgan fingerprint density at radius 2 is 1.26 bits per heavy atom. The highest BCUT2D eigenvalue weighted by Gasteiger charge is 2.57. The summed E-state index contributed by atoms with van der Waals surface area (Å²) in [5, 5.41) is 0.998. The Morgan fingerprint density at radius 3 is 1.86 bits per heavy atom. The summed E-state index contributed by atoms with van der Waals surface area (Å²) >= 11 is 1.69. The van der Waals surface area contributed by atoms with E-state index in [4.69, 9.17) is 38.4 Å². The third-order valence-corrected chi connectivity index (χ3v) is 13.3. The number of thiazole rings is 1. The highest BCUT2D eigenvalue weighted by Crippen LogP contribution is 2.59. The summed E-state index contributed by atoms with van der Waals surface area (Å²) in [6.07, 6.45) is 18.2. The molecule has 70 heavy (non-hydrogen) atoms. The first kappa shape index (κ1) is 52.8. The van der Waals surface area contributed by atoms with Gasteiger partial charge in [0.1, 0.15) is 27.8 Å². The molecule has 4 aromatic carbocycles. The summed E-state index contributed by atoms with van der Waals surface area (Å²) in [4.78, 5) is 59.5. The van der Waals surface area contributed by atoms with Crippen LogP contribution in [0, 0.1) is 5.92 Å². The van der Waals surface area contributed by atoms with E-state index in [-0.39, 0.29) is 6.61 Å². The SMILES string of the molecule is C=CC(=O)OCCCCCCOc1ccc(C(=O)OCCc2ccc(OC(=O)c3ccc(OCCCCCCOC(=O)C=C)cc3)c(/C=N/C3(c4nc5ccccc5s4)CC3CCCCCC)c2)cc1. The van der Waals surface area contributed by atoms with E-state index in [1.807, 2.05) is 36.5 Å². The fourth-order valence-corrected chi connectivity index (χ4v) is 9.17. The van der Waals surface area contributed by atoms with Crippen molar-refractivity contribution in [1.29, 1.82) is 0 Å². The molecular weight excluding hydrogens is 905 g/mol. The van der Waals surface area contributed by atoms with Crippen LogP contribution in [0.15, 0.2) is 121 Å². The molecule has 0 radical (unpaired) electrons. The predicted molar refractivity (Wildman–Crippen MR) is 274 cm³/mol. The second kappa shape index (κ2) is 28.2. The fraction of sp³-hybridized carbons (Fsp3) is 0.404. The van der Waals surface area contributed by atoms with Crippen molar-refractivity contribution in [2.24, 2.45) is 10.9 Å². The minimum Gasteiger partial charge on any atom is -0.494 e. The van der Waals surface area contributed by atoms with E-state index >= 15 is 0 Å². The molecule has 1 aliphatic rings. The van der Waals surface area contributed by atoms with Crippen LogP contribution >= 0.6 is 11.3 Å².